The van der Waals surface area contributed by atoms with Crippen LogP contribution in [0.4, 0.5) is 11.4 Å². The molecule has 4 nitrogen and oxygen atoms in total. The Labute approximate surface area is 103 Å². The average Bonchev–Trinajstić information content (AvgIpc) is 2.32. The SMILES string of the molecule is CCN(CC)C(=O)CNc1cccc(N)c1C. The summed E-state index contributed by atoms with van der Waals surface area (Å²) in [5.74, 6) is 0.108. The van der Waals surface area contributed by atoms with Crippen molar-refractivity contribution >= 4 is 17.3 Å². The molecule has 0 aliphatic heterocycles. The molecule has 0 saturated heterocycles. The summed E-state index contributed by atoms with van der Waals surface area (Å²) in [6.07, 6.45) is 0. The maximum atomic E-state index is 11.8. The van der Waals surface area contributed by atoms with Crippen LogP contribution < -0.4 is 11.1 Å². The minimum Gasteiger partial charge on any atom is -0.398 e. The van der Waals surface area contributed by atoms with Gasteiger partial charge in [-0.25, -0.2) is 0 Å². The number of nitrogens with one attached hydrogen (secondary N) is 1. The number of anilines is 2. The van der Waals surface area contributed by atoms with Gasteiger partial charge in [0.25, 0.3) is 0 Å². The van der Waals surface area contributed by atoms with Gasteiger partial charge in [-0.3, -0.25) is 4.79 Å². The summed E-state index contributed by atoms with van der Waals surface area (Å²) in [5.41, 5.74) is 8.45. The zero-order chi connectivity index (χ0) is 12.8. The number of carbonyl (C=O) groups is 1. The lowest BCUT2D eigenvalue weighted by molar-refractivity contribution is -0.128. The maximum absolute atomic E-state index is 11.8. The highest BCUT2D eigenvalue weighted by Gasteiger charge is 2.09. The Hall–Kier alpha value is -1.71. The monoisotopic (exact) mass is 235 g/mol. The largest absolute Gasteiger partial charge is 0.398 e. The number of nitrogen functional groups attached to an aromatic ring is 1. The van der Waals surface area contributed by atoms with Crippen molar-refractivity contribution in [1.82, 2.24) is 4.90 Å². The summed E-state index contributed by atoms with van der Waals surface area (Å²) in [4.78, 5) is 13.6. The van der Waals surface area contributed by atoms with E-state index in [4.69, 9.17) is 5.73 Å². The predicted molar refractivity (Wildman–Crippen MR) is 72.0 cm³/mol. The van der Waals surface area contributed by atoms with Crippen LogP contribution >= 0.6 is 0 Å². The molecule has 0 heterocycles. The molecule has 0 aromatic heterocycles. The zero-order valence-corrected chi connectivity index (χ0v) is 10.8. The first-order chi connectivity index (χ1) is 8.10. The highest BCUT2D eigenvalue weighted by atomic mass is 16.2. The van der Waals surface area contributed by atoms with Crippen molar-refractivity contribution in [3.8, 4) is 0 Å². The molecular formula is C13H21N3O. The van der Waals surface area contributed by atoms with E-state index in [1.807, 2.05) is 39.0 Å². The number of carbonyl (C=O) groups excluding carboxylic acids is 1. The van der Waals surface area contributed by atoms with Crippen molar-refractivity contribution in [1.29, 1.82) is 0 Å². The molecule has 3 N–H and O–H groups in total. The molecule has 0 aliphatic carbocycles. The first-order valence-corrected chi connectivity index (χ1v) is 5.96. The van der Waals surface area contributed by atoms with Gasteiger partial charge in [-0.2, -0.15) is 0 Å². The lowest BCUT2D eigenvalue weighted by Gasteiger charge is -2.19. The first-order valence-electron chi connectivity index (χ1n) is 5.96. The molecule has 94 valence electrons. The number of rotatable bonds is 5. The molecule has 1 amide bonds. The normalized spacial score (nSPS) is 10.1. The average molecular weight is 235 g/mol. The minimum atomic E-state index is 0.108. The summed E-state index contributed by atoms with van der Waals surface area (Å²) in [6, 6.07) is 5.67. The molecular weight excluding hydrogens is 214 g/mol. The number of likely N-dealkylation sites (N-methyl/N-ethyl adjacent to an activating group) is 1. The van der Waals surface area contributed by atoms with Crippen LogP contribution in [0.2, 0.25) is 0 Å². The maximum Gasteiger partial charge on any atom is 0.241 e. The van der Waals surface area contributed by atoms with Gasteiger partial charge < -0.3 is 16.0 Å². The summed E-state index contributed by atoms with van der Waals surface area (Å²) in [7, 11) is 0. The van der Waals surface area contributed by atoms with E-state index in [0.29, 0.717) is 6.54 Å². The summed E-state index contributed by atoms with van der Waals surface area (Å²) < 4.78 is 0. The van der Waals surface area contributed by atoms with Gasteiger partial charge in [0.05, 0.1) is 6.54 Å². The Morgan fingerprint density at radius 1 is 1.35 bits per heavy atom. The Morgan fingerprint density at radius 3 is 2.59 bits per heavy atom. The Bertz CT molecular complexity index is 386. The van der Waals surface area contributed by atoms with Gasteiger partial charge >= 0.3 is 0 Å². The molecule has 0 fully saturated rings. The van der Waals surface area contributed by atoms with E-state index in [2.05, 4.69) is 5.32 Å². The molecule has 0 atom stereocenters. The molecule has 17 heavy (non-hydrogen) atoms. The molecule has 4 heteroatoms. The number of hydrogen-bond acceptors (Lipinski definition) is 3. The number of nitrogens with two attached hydrogens (primary N) is 1. The predicted octanol–water partition coefficient (Wildman–Crippen LogP) is 1.86. The van der Waals surface area contributed by atoms with Crippen molar-refractivity contribution in [2.75, 3.05) is 30.7 Å². The fourth-order valence-corrected chi connectivity index (χ4v) is 1.70. The van der Waals surface area contributed by atoms with E-state index in [1.54, 1.807) is 4.90 Å². The summed E-state index contributed by atoms with van der Waals surface area (Å²) >= 11 is 0. The number of benzene rings is 1. The molecule has 0 unspecified atom stereocenters. The van der Waals surface area contributed by atoms with Crippen LogP contribution in [0.15, 0.2) is 18.2 Å². The Morgan fingerprint density at radius 2 is 2.00 bits per heavy atom. The van der Waals surface area contributed by atoms with E-state index in [-0.39, 0.29) is 5.91 Å². The second-order valence-corrected chi connectivity index (χ2v) is 3.94. The van der Waals surface area contributed by atoms with Crippen LogP contribution in [-0.2, 0) is 4.79 Å². The quantitative estimate of drug-likeness (QED) is 0.766. The number of amides is 1. The highest BCUT2D eigenvalue weighted by Crippen LogP contribution is 2.20. The molecule has 0 saturated carbocycles. The van der Waals surface area contributed by atoms with E-state index < -0.39 is 0 Å². The van der Waals surface area contributed by atoms with Crippen LogP contribution in [0, 0.1) is 6.92 Å². The van der Waals surface area contributed by atoms with Crippen molar-refractivity contribution in [3.05, 3.63) is 23.8 Å². The lowest BCUT2D eigenvalue weighted by atomic mass is 10.1. The highest BCUT2D eigenvalue weighted by molar-refractivity contribution is 5.81. The van der Waals surface area contributed by atoms with Gasteiger partial charge in [0.2, 0.25) is 5.91 Å². The van der Waals surface area contributed by atoms with Crippen LogP contribution in [0.25, 0.3) is 0 Å². The molecule has 0 spiro atoms. The van der Waals surface area contributed by atoms with Crippen LogP contribution in [0.5, 0.6) is 0 Å². The zero-order valence-electron chi connectivity index (χ0n) is 10.8. The van der Waals surface area contributed by atoms with Crippen molar-refractivity contribution in [2.24, 2.45) is 0 Å². The van der Waals surface area contributed by atoms with Gasteiger partial charge in [0.1, 0.15) is 0 Å². The Balaban J connectivity index is 2.61. The third-order valence-electron chi connectivity index (χ3n) is 2.92. The van der Waals surface area contributed by atoms with E-state index in [0.717, 1.165) is 30.0 Å². The van der Waals surface area contributed by atoms with Crippen molar-refractivity contribution < 1.29 is 4.79 Å². The van der Waals surface area contributed by atoms with Gasteiger partial charge in [0, 0.05) is 24.5 Å². The lowest BCUT2D eigenvalue weighted by Crippen LogP contribution is -2.35. The second-order valence-electron chi connectivity index (χ2n) is 3.94. The van der Waals surface area contributed by atoms with Crippen LogP contribution in [-0.4, -0.2) is 30.4 Å². The minimum absolute atomic E-state index is 0.108. The van der Waals surface area contributed by atoms with Crippen LogP contribution in [0.3, 0.4) is 0 Å². The fourth-order valence-electron chi connectivity index (χ4n) is 1.70. The van der Waals surface area contributed by atoms with Crippen molar-refractivity contribution in [3.63, 3.8) is 0 Å². The van der Waals surface area contributed by atoms with Gasteiger partial charge in [0.15, 0.2) is 0 Å². The third-order valence-corrected chi connectivity index (χ3v) is 2.92. The van der Waals surface area contributed by atoms with Crippen LogP contribution in [0.1, 0.15) is 19.4 Å². The topological polar surface area (TPSA) is 58.4 Å². The number of hydrogen-bond donors (Lipinski definition) is 2. The molecule has 1 aromatic rings. The van der Waals surface area contributed by atoms with Gasteiger partial charge in [-0.05, 0) is 38.5 Å². The van der Waals surface area contributed by atoms with Crippen molar-refractivity contribution in [2.45, 2.75) is 20.8 Å². The second kappa shape index (κ2) is 6.13. The Kier molecular flexibility index (Phi) is 4.82. The van der Waals surface area contributed by atoms with E-state index in [1.165, 1.54) is 0 Å². The van der Waals surface area contributed by atoms with Gasteiger partial charge in [-0.15, -0.1) is 0 Å². The molecule has 0 radical (unpaired) electrons. The molecule has 0 bridgehead atoms. The smallest absolute Gasteiger partial charge is 0.241 e. The van der Waals surface area contributed by atoms with E-state index >= 15 is 0 Å². The summed E-state index contributed by atoms with van der Waals surface area (Å²) in [5, 5.41) is 3.13. The molecule has 1 aromatic carbocycles. The fraction of sp³-hybridized carbons (Fsp3) is 0.462. The van der Waals surface area contributed by atoms with Gasteiger partial charge in [-0.1, -0.05) is 6.07 Å². The number of nitrogens with zero attached hydrogens (tertiary/aromatic N) is 1. The standard InChI is InChI=1S/C13H21N3O/c1-4-16(5-2)13(17)9-15-12-8-6-7-11(14)10(12)3/h6-8,15H,4-5,9,14H2,1-3H3. The summed E-state index contributed by atoms with van der Waals surface area (Å²) in [6.45, 7) is 7.70. The molecule has 0 aliphatic rings. The first kappa shape index (κ1) is 13.4. The third kappa shape index (κ3) is 3.37. The molecule has 1 rings (SSSR count). The van der Waals surface area contributed by atoms with E-state index in [9.17, 15) is 4.79 Å².